The van der Waals surface area contributed by atoms with Crippen LogP contribution in [0.15, 0.2) is 30.3 Å². The zero-order chi connectivity index (χ0) is 14.3. The van der Waals surface area contributed by atoms with Crippen LogP contribution < -0.4 is 0 Å². The van der Waals surface area contributed by atoms with Crippen LogP contribution in [0.1, 0.15) is 21.9 Å². The highest BCUT2D eigenvalue weighted by molar-refractivity contribution is 5.88. The summed E-state index contributed by atoms with van der Waals surface area (Å²) in [7, 11) is 0. The lowest BCUT2D eigenvalue weighted by Gasteiger charge is -2.04. The molecule has 100 valence electrons. The van der Waals surface area contributed by atoms with E-state index in [9.17, 15) is 4.79 Å². The van der Waals surface area contributed by atoms with Gasteiger partial charge in [-0.1, -0.05) is 12.1 Å². The Kier molecular flexibility index (Phi) is 2.71. The Bertz CT molecular complexity index is 806. The Balaban J connectivity index is 2.17. The topological polar surface area (TPSA) is 80.4 Å². The molecule has 1 N–H and O–H groups in total. The summed E-state index contributed by atoms with van der Waals surface area (Å²) >= 11 is 0. The van der Waals surface area contributed by atoms with Crippen molar-refractivity contribution in [2.45, 2.75) is 13.8 Å². The van der Waals surface area contributed by atoms with Crippen LogP contribution in [0.3, 0.4) is 0 Å². The second-order valence-electron chi connectivity index (χ2n) is 4.54. The van der Waals surface area contributed by atoms with Gasteiger partial charge in [0.1, 0.15) is 5.82 Å². The van der Waals surface area contributed by atoms with Crippen LogP contribution in [0.2, 0.25) is 0 Å². The van der Waals surface area contributed by atoms with Gasteiger partial charge in [-0.05, 0) is 26.0 Å². The molecule has 0 spiro atoms. The molecule has 0 saturated heterocycles. The monoisotopic (exact) mass is 268 g/mol. The van der Waals surface area contributed by atoms with Crippen molar-refractivity contribution in [1.82, 2.24) is 19.6 Å². The molecule has 0 bridgehead atoms. The predicted octanol–water partition coefficient (Wildman–Crippen LogP) is 2.11. The van der Waals surface area contributed by atoms with Gasteiger partial charge in [0, 0.05) is 17.3 Å². The van der Waals surface area contributed by atoms with Crippen molar-refractivity contribution >= 4 is 11.6 Å². The summed E-state index contributed by atoms with van der Waals surface area (Å²) in [5.74, 6) is 0.500. The van der Waals surface area contributed by atoms with Crippen LogP contribution in [0.4, 0.5) is 0 Å². The lowest BCUT2D eigenvalue weighted by Crippen LogP contribution is -2.00. The molecular formula is C14H12N4O2. The van der Waals surface area contributed by atoms with Gasteiger partial charge in [-0.2, -0.15) is 0 Å². The van der Waals surface area contributed by atoms with E-state index in [0.29, 0.717) is 5.82 Å². The first-order chi connectivity index (χ1) is 9.56. The Morgan fingerprint density at radius 3 is 2.50 bits per heavy atom. The van der Waals surface area contributed by atoms with Crippen LogP contribution in [0, 0.1) is 13.8 Å². The molecule has 0 saturated carbocycles. The second kappa shape index (κ2) is 4.41. The summed E-state index contributed by atoms with van der Waals surface area (Å²) in [6, 6.07) is 8.40. The number of fused-ring (bicyclic) bond motifs is 1. The lowest BCUT2D eigenvalue weighted by atomic mass is 10.1. The Labute approximate surface area is 114 Å². The number of nitrogens with zero attached hydrogens (tertiary/aromatic N) is 4. The number of rotatable bonds is 2. The Hall–Kier alpha value is -2.76. The highest BCUT2D eigenvalue weighted by Gasteiger charge is 2.12. The highest BCUT2D eigenvalue weighted by atomic mass is 16.4. The molecule has 20 heavy (non-hydrogen) atoms. The molecule has 0 fully saturated rings. The number of benzene rings is 1. The van der Waals surface area contributed by atoms with E-state index in [1.807, 2.05) is 24.3 Å². The fourth-order valence-electron chi connectivity index (χ4n) is 2.18. The minimum absolute atomic E-state index is 0.244. The number of carboxylic acids is 1. The van der Waals surface area contributed by atoms with E-state index in [1.165, 1.54) is 0 Å². The van der Waals surface area contributed by atoms with E-state index in [-0.39, 0.29) is 5.56 Å². The van der Waals surface area contributed by atoms with Crippen molar-refractivity contribution in [3.05, 3.63) is 47.4 Å². The number of carbonyl (C=O) groups is 1. The van der Waals surface area contributed by atoms with Gasteiger partial charge in [0.2, 0.25) is 0 Å². The van der Waals surface area contributed by atoms with Gasteiger partial charge in [-0.25, -0.2) is 9.78 Å². The SMILES string of the molecule is Cc1cc2nnc(-c3ccc(C(=O)O)cc3)n2c(C)n1. The highest BCUT2D eigenvalue weighted by Crippen LogP contribution is 2.20. The van der Waals surface area contributed by atoms with E-state index < -0.39 is 5.97 Å². The van der Waals surface area contributed by atoms with Gasteiger partial charge < -0.3 is 5.11 Å². The fourth-order valence-corrected chi connectivity index (χ4v) is 2.18. The van der Waals surface area contributed by atoms with Crippen LogP contribution in [-0.4, -0.2) is 30.7 Å². The van der Waals surface area contributed by atoms with Crippen LogP contribution in [-0.2, 0) is 0 Å². The fraction of sp³-hybridized carbons (Fsp3) is 0.143. The third-order valence-corrected chi connectivity index (χ3v) is 3.08. The number of hydrogen-bond acceptors (Lipinski definition) is 4. The quantitative estimate of drug-likeness (QED) is 0.769. The van der Waals surface area contributed by atoms with E-state index in [2.05, 4.69) is 15.2 Å². The third kappa shape index (κ3) is 1.91. The summed E-state index contributed by atoms with van der Waals surface area (Å²) in [6.07, 6.45) is 0. The maximum Gasteiger partial charge on any atom is 0.335 e. The molecule has 0 atom stereocenters. The van der Waals surface area contributed by atoms with Crippen molar-refractivity contribution in [2.75, 3.05) is 0 Å². The maximum absolute atomic E-state index is 10.9. The predicted molar refractivity (Wildman–Crippen MR) is 72.7 cm³/mol. The first-order valence-corrected chi connectivity index (χ1v) is 6.09. The maximum atomic E-state index is 10.9. The summed E-state index contributed by atoms with van der Waals surface area (Å²) in [6.45, 7) is 3.79. The second-order valence-corrected chi connectivity index (χ2v) is 4.54. The Morgan fingerprint density at radius 2 is 1.85 bits per heavy atom. The first-order valence-electron chi connectivity index (χ1n) is 6.09. The summed E-state index contributed by atoms with van der Waals surface area (Å²) in [4.78, 5) is 15.3. The molecule has 2 heterocycles. The molecule has 0 amide bonds. The van der Waals surface area contributed by atoms with E-state index in [4.69, 9.17) is 5.11 Å². The molecule has 0 aliphatic rings. The summed E-state index contributed by atoms with van der Waals surface area (Å²) in [5, 5.41) is 17.2. The first kappa shape index (κ1) is 12.3. The third-order valence-electron chi connectivity index (χ3n) is 3.08. The number of carboxylic acid groups (broad SMARTS) is 1. The van der Waals surface area contributed by atoms with Crippen molar-refractivity contribution in [2.24, 2.45) is 0 Å². The number of aromatic carboxylic acids is 1. The molecule has 0 unspecified atom stereocenters. The largest absolute Gasteiger partial charge is 0.478 e. The number of aryl methyl sites for hydroxylation is 2. The van der Waals surface area contributed by atoms with Gasteiger partial charge >= 0.3 is 5.97 Å². The standard InChI is InChI=1S/C14H12N4O2/c1-8-7-12-16-17-13(18(12)9(2)15-8)10-3-5-11(6-4-10)14(19)20/h3-7H,1-2H3,(H,19,20). The van der Waals surface area contributed by atoms with Crippen molar-refractivity contribution in [1.29, 1.82) is 0 Å². The van der Waals surface area contributed by atoms with Gasteiger partial charge in [-0.3, -0.25) is 4.40 Å². The average molecular weight is 268 g/mol. The van der Waals surface area contributed by atoms with Crippen molar-refractivity contribution in [3.8, 4) is 11.4 Å². The summed E-state index contributed by atoms with van der Waals surface area (Å²) < 4.78 is 1.85. The van der Waals surface area contributed by atoms with Crippen LogP contribution >= 0.6 is 0 Å². The minimum Gasteiger partial charge on any atom is -0.478 e. The summed E-state index contributed by atoms with van der Waals surface area (Å²) in [5.41, 5.74) is 2.66. The van der Waals surface area contributed by atoms with Crippen LogP contribution in [0.5, 0.6) is 0 Å². The van der Waals surface area contributed by atoms with Crippen molar-refractivity contribution < 1.29 is 9.90 Å². The molecular weight excluding hydrogens is 256 g/mol. The molecule has 2 aromatic heterocycles. The normalized spacial score (nSPS) is 10.9. The minimum atomic E-state index is -0.948. The molecule has 6 heteroatoms. The van der Waals surface area contributed by atoms with E-state index >= 15 is 0 Å². The molecule has 0 aliphatic carbocycles. The average Bonchev–Trinajstić information content (AvgIpc) is 2.82. The zero-order valence-corrected chi connectivity index (χ0v) is 11.0. The molecule has 1 aromatic carbocycles. The van der Waals surface area contributed by atoms with E-state index in [0.717, 1.165) is 22.7 Å². The molecule has 3 aromatic rings. The van der Waals surface area contributed by atoms with Gasteiger partial charge in [0.05, 0.1) is 5.56 Å². The lowest BCUT2D eigenvalue weighted by molar-refractivity contribution is 0.0697. The van der Waals surface area contributed by atoms with Crippen molar-refractivity contribution in [3.63, 3.8) is 0 Å². The molecule has 0 aliphatic heterocycles. The molecule has 0 radical (unpaired) electrons. The zero-order valence-electron chi connectivity index (χ0n) is 11.0. The molecule has 6 nitrogen and oxygen atoms in total. The van der Waals surface area contributed by atoms with Gasteiger partial charge in [0.15, 0.2) is 11.5 Å². The number of hydrogen-bond donors (Lipinski definition) is 1. The number of aromatic nitrogens is 4. The van der Waals surface area contributed by atoms with Gasteiger partial charge in [-0.15, -0.1) is 10.2 Å². The van der Waals surface area contributed by atoms with Gasteiger partial charge in [0.25, 0.3) is 0 Å². The van der Waals surface area contributed by atoms with E-state index in [1.54, 1.807) is 24.3 Å². The Morgan fingerprint density at radius 1 is 1.15 bits per heavy atom. The smallest absolute Gasteiger partial charge is 0.335 e. The molecule has 3 rings (SSSR count). The van der Waals surface area contributed by atoms with Crippen LogP contribution in [0.25, 0.3) is 17.0 Å².